The van der Waals surface area contributed by atoms with Crippen LogP contribution in [-0.4, -0.2) is 93.8 Å². The molecule has 0 radical (unpaired) electrons. The van der Waals surface area contributed by atoms with Crippen molar-refractivity contribution in [2.75, 3.05) is 54.5 Å². The second-order valence-electron chi connectivity index (χ2n) is 4.80. The third-order valence-electron chi connectivity index (χ3n) is 1.90. The topological polar surface area (TPSA) is 134 Å². The van der Waals surface area contributed by atoms with Crippen molar-refractivity contribution in [3.05, 3.63) is 25.3 Å². The summed E-state index contributed by atoms with van der Waals surface area (Å²) in [5, 5.41) is 0. The maximum absolute atomic E-state index is 10.4. The summed E-state index contributed by atoms with van der Waals surface area (Å²) in [5.74, 6) is -0.719. The molecule has 0 saturated carbocycles. The Morgan fingerprint density at radius 3 is 1.28 bits per heavy atom. The molecule has 0 spiro atoms. The number of carbonyl (C=O) groups excluding carboxylic acids is 2. The van der Waals surface area contributed by atoms with Crippen molar-refractivity contribution >= 4 is 22.3 Å². The summed E-state index contributed by atoms with van der Waals surface area (Å²) in [4.78, 5) is 24.8. The Balaban J connectivity index is -0.000000308. The molecule has 11 heteroatoms. The summed E-state index contributed by atoms with van der Waals surface area (Å²) in [6.45, 7) is 8.90. The molecular formula is C14H28N2O8S. The minimum Gasteiger partial charge on any atom is -0.461 e. The van der Waals surface area contributed by atoms with Crippen LogP contribution >= 0.6 is 0 Å². The average molecular weight is 384 g/mol. The number of esters is 2. The molecule has 0 atom stereocenters. The highest BCUT2D eigenvalue weighted by atomic mass is 32.3. The average Bonchev–Trinajstić information content (AvgIpc) is 2.45. The van der Waals surface area contributed by atoms with Crippen LogP contribution in [0.25, 0.3) is 0 Å². The molecule has 0 rings (SSSR count). The number of hydrogen-bond donors (Lipinski definition) is 2. The van der Waals surface area contributed by atoms with Crippen molar-refractivity contribution in [2.45, 2.75) is 0 Å². The Morgan fingerprint density at radius 2 is 1.12 bits per heavy atom. The first-order valence-electron chi connectivity index (χ1n) is 6.91. The quantitative estimate of drug-likeness (QED) is 0.332. The van der Waals surface area contributed by atoms with Gasteiger partial charge in [0.25, 0.3) is 0 Å². The van der Waals surface area contributed by atoms with E-state index in [1.807, 2.05) is 38.0 Å². The summed E-state index contributed by atoms with van der Waals surface area (Å²) in [5.41, 5.74) is 0. The molecule has 0 aromatic rings. The first-order valence-corrected chi connectivity index (χ1v) is 8.30. The Bertz CT molecular complexity index is 451. The lowest BCUT2D eigenvalue weighted by atomic mass is 10.6. The van der Waals surface area contributed by atoms with E-state index in [4.69, 9.17) is 27.0 Å². The molecule has 0 fully saturated rings. The molecule has 0 aliphatic carbocycles. The van der Waals surface area contributed by atoms with Crippen molar-refractivity contribution in [3.63, 3.8) is 0 Å². The second kappa shape index (κ2) is 17.0. The highest BCUT2D eigenvalue weighted by Crippen LogP contribution is 1.81. The molecule has 0 bridgehead atoms. The van der Waals surface area contributed by atoms with Crippen molar-refractivity contribution < 1.29 is 36.6 Å². The van der Waals surface area contributed by atoms with Crippen LogP contribution in [0, 0.1) is 0 Å². The first-order chi connectivity index (χ1) is 11.3. The summed E-state index contributed by atoms with van der Waals surface area (Å²) in [6.07, 6.45) is 2.32. The number of hydrogen-bond acceptors (Lipinski definition) is 8. The van der Waals surface area contributed by atoms with E-state index in [0.29, 0.717) is 13.2 Å². The third kappa shape index (κ3) is 44.9. The second-order valence-corrected chi connectivity index (χ2v) is 5.69. The van der Waals surface area contributed by atoms with Gasteiger partial charge in [0.1, 0.15) is 13.2 Å². The van der Waals surface area contributed by atoms with Crippen LogP contribution in [0.15, 0.2) is 25.3 Å². The van der Waals surface area contributed by atoms with E-state index in [-0.39, 0.29) is 11.9 Å². The molecule has 25 heavy (non-hydrogen) atoms. The highest BCUT2D eigenvalue weighted by Gasteiger charge is 1.95. The summed E-state index contributed by atoms with van der Waals surface area (Å²) in [7, 11) is 3.01. The molecule has 10 nitrogen and oxygen atoms in total. The Hall–Kier alpha value is -1.79. The zero-order valence-corrected chi connectivity index (χ0v) is 15.9. The zero-order valence-electron chi connectivity index (χ0n) is 15.0. The van der Waals surface area contributed by atoms with E-state index in [2.05, 4.69) is 13.2 Å². The van der Waals surface area contributed by atoms with Crippen molar-refractivity contribution in [3.8, 4) is 0 Å². The van der Waals surface area contributed by atoms with Gasteiger partial charge in [-0.15, -0.1) is 0 Å². The van der Waals surface area contributed by atoms with Crippen LogP contribution in [0.4, 0.5) is 0 Å². The van der Waals surface area contributed by atoms with Crippen LogP contribution in [0.3, 0.4) is 0 Å². The lowest BCUT2D eigenvalue weighted by Crippen LogP contribution is -2.19. The predicted molar refractivity (Wildman–Crippen MR) is 93.6 cm³/mol. The minimum absolute atomic E-state index is 0.359. The van der Waals surface area contributed by atoms with E-state index in [1.165, 1.54) is 0 Å². The summed E-state index contributed by atoms with van der Waals surface area (Å²) in [6, 6.07) is 0. The molecule has 0 unspecified atom stereocenters. The van der Waals surface area contributed by atoms with Gasteiger partial charge in [0.15, 0.2) is 0 Å². The first kappa shape index (κ1) is 28.0. The van der Waals surface area contributed by atoms with Crippen LogP contribution in [0.2, 0.25) is 0 Å². The summed E-state index contributed by atoms with van der Waals surface area (Å²) >= 11 is 0. The molecule has 0 aromatic heterocycles. The predicted octanol–water partition coefficient (Wildman–Crippen LogP) is -0.0984. The molecule has 0 aromatic carbocycles. The van der Waals surface area contributed by atoms with Crippen molar-refractivity contribution in [1.29, 1.82) is 0 Å². The molecule has 148 valence electrons. The fraction of sp³-hybridized carbons (Fsp3) is 0.571. The largest absolute Gasteiger partial charge is 0.461 e. The SMILES string of the molecule is C=CC(=O)OCCN(C)C.C=CC(=O)OCCN(C)C.O=S(=O)(O)O. The molecule has 0 heterocycles. The molecule has 0 aliphatic rings. The smallest absolute Gasteiger partial charge is 0.394 e. The number of carbonyl (C=O) groups is 2. The lowest BCUT2D eigenvalue weighted by molar-refractivity contribution is -0.138. The summed E-state index contributed by atoms with van der Waals surface area (Å²) < 4.78 is 41.0. The van der Waals surface area contributed by atoms with E-state index in [0.717, 1.165) is 25.2 Å². The normalized spacial score (nSPS) is 9.92. The van der Waals surface area contributed by atoms with Gasteiger partial charge in [-0.3, -0.25) is 9.11 Å². The zero-order chi connectivity index (χ0) is 20.5. The molecular weight excluding hydrogens is 356 g/mol. The van der Waals surface area contributed by atoms with Crippen LogP contribution in [0.1, 0.15) is 0 Å². The van der Waals surface area contributed by atoms with E-state index in [9.17, 15) is 9.59 Å². The monoisotopic (exact) mass is 384 g/mol. The van der Waals surface area contributed by atoms with Gasteiger partial charge >= 0.3 is 22.3 Å². The fourth-order valence-electron chi connectivity index (χ4n) is 0.775. The number of rotatable bonds is 8. The van der Waals surface area contributed by atoms with Gasteiger partial charge in [-0.25, -0.2) is 9.59 Å². The third-order valence-corrected chi connectivity index (χ3v) is 1.90. The number of likely N-dealkylation sites (N-methyl/N-ethyl adjacent to an activating group) is 2. The Kier molecular flexibility index (Phi) is 19.1. The van der Waals surface area contributed by atoms with Crippen LogP contribution in [-0.2, 0) is 29.5 Å². The number of nitrogens with zero attached hydrogens (tertiary/aromatic N) is 2. The van der Waals surface area contributed by atoms with Gasteiger partial charge in [-0.2, -0.15) is 8.42 Å². The molecule has 0 aliphatic heterocycles. The van der Waals surface area contributed by atoms with Crippen molar-refractivity contribution in [2.24, 2.45) is 0 Å². The standard InChI is InChI=1S/2C7H13NO2.H2O4S/c2*1-4-7(9)10-6-5-8(2)3;1-5(2,3)4/h2*4H,1,5-6H2,2-3H3;(H2,1,2,3,4). The van der Waals surface area contributed by atoms with Gasteiger partial charge in [-0.1, -0.05) is 13.2 Å². The van der Waals surface area contributed by atoms with E-state index >= 15 is 0 Å². The lowest BCUT2D eigenvalue weighted by Gasteiger charge is -2.07. The minimum atomic E-state index is -4.67. The van der Waals surface area contributed by atoms with Crippen LogP contribution < -0.4 is 0 Å². The maximum Gasteiger partial charge on any atom is 0.394 e. The Labute approximate surface area is 149 Å². The van der Waals surface area contributed by atoms with Gasteiger partial charge in [-0.05, 0) is 28.2 Å². The molecule has 0 saturated heterocycles. The Morgan fingerprint density at radius 1 is 0.880 bits per heavy atom. The van der Waals surface area contributed by atoms with Gasteiger partial charge in [0.05, 0.1) is 0 Å². The van der Waals surface area contributed by atoms with Crippen LogP contribution in [0.5, 0.6) is 0 Å². The van der Waals surface area contributed by atoms with Crippen molar-refractivity contribution in [1.82, 2.24) is 9.80 Å². The van der Waals surface area contributed by atoms with E-state index in [1.54, 1.807) is 0 Å². The number of ether oxygens (including phenoxy) is 2. The molecule has 0 amide bonds. The van der Waals surface area contributed by atoms with E-state index < -0.39 is 10.4 Å². The fourth-order valence-corrected chi connectivity index (χ4v) is 0.775. The highest BCUT2D eigenvalue weighted by molar-refractivity contribution is 7.79. The maximum atomic E-state index is 10.4. The van der Waals surface area contributed by atoms with Gasteiger partial charge in [0, 0.05) is 25.2 Å². The molecule has 2 N–H and O–H groups in total. The van der Waals surface area contributed by atoms with Gasteiger partial charge in [0.2, 0.25) is 0 Å². The van der Waals surface area contributed by atoms with Gasteiger partial charge < -0.3 is 19.3 Å².